The number of nitrogens with two attached hydrogens (primary N) is 1. The molecule has 1 fully saturated rings. The number of nitrogens with zero attached hydrogens (tertiary/aromatic N) is 4. The number of carbonyl (C=O) groups is 3. The SMILES string of the molecule is CC/C=C/C/C=C/CCC(O)CC(=O)SCCNC(=O)CCNC(=O)C(O)C(C)(C)COP(=O)(O)OP(=O)(O)OCC1OC(n2cnc3c(N)ncnc32)C(O)C1OP(=O)(O)O. The van der Waals surface area contributed by atoms with Gasteiger partial charge in [-0.15, -0.1) is 0 Å². The number of ether oxygens (including phenoxy) is 1. The van der Waals surface area contributed by atoms with Gasteiger partial charge in [0, 0.05) is 37.1 Å². The fourth-order valence-corrected chi connectivity index (χ4v) is 9.06. The van der Waals surface area contributed by atoms with Crippen LogP contribution in [0.15, 0.2) is 37.0 Å². The number of amides is 2. The molecule has 0 aromatic carbocycles. The van der Waals surface area contributed by atoms with Gasteiger partial charge in [-0.1, -0.05) is 56.8 Å². The summed E-state index contributed by atoms with van der Waals surface area (Å²) in [5.41, 5.74) is 4.24. The molecule has 8 atom stereocenters. The summed E-state index contributed by atoms with van der Waals surface area (Å²) >= 11 is 0.964. The molecule has 29 heteroatoms. The molecular formula is C33H54N7O18P3S. The summed E-state index contributed by atoms with van der Waals surface area (Å²) in [5, 5.41) is 36.3. The lowest BCUT2D eigenvalue weighted by molar-refractivity contribution is -0.137. The van der Waals surface area contributed by atoms with Gasteiger partial charge in [-0.3, -0.25) is 32.5 Å². The van der Waals surface area contributed by atoms with Crippen molar-refractivity contribution in [1.29, 1.82) is 0 Å². The van der Waals surface area contributed by atoms with E-state index in [2.05, 4.69) is 40.5 Å². The Hall–Kier alpha value is -3.00. The van der Waals surface area contributed by atoms with Crippen molar-refractivity contribution in [1.82, 2.24) is 30.2 Å². The number of nitrogens with one attached hydrogen (secondary N) is 2. The number of hydrogen-bond donors (Lipinski definition) is 10. The Labute approximate surface area is 360 Å². The number of aliphatic hydroxyl groups excluding tert-OH is 3. The first kappa shape index (κ1) is 53.3. The van der Waals surface area contributed by atoms with E-state index in [0.717, 1.165) is 41.8 Å². The molecule has 3 rings (SSSR count). The first-order valence-electron chi connectivity index (χ1n) is 19.0. The molecular weight excluding hydrogens is 907 g/mol. The number of imidazole rings is 1. The second-order valence-electron chi connectivity index (χ2n) is 14.3. The zero-order chi connectivity index (χ0) is 46.3. The molecule has 1 aliphatic heterocycles. The highest BCUT2D eigenvalue weighted by atomic mass is 32.2. The molecule has 2 amide bonds. The zero-order valence-electron chi connectivity index (χ0n) is 33.9. The minimum atomic E-state index is -5.59. The van der Waals surface area contributed by atoms with Crippen LogP contribution in [-0.4, -0.2) is 134 Å². The minimum absolute atomic E-state index is 0.0237. The van der Waals surface area contributed by atoms with Gasteiger partial charge in [-0.2, -0.15) is 4.31 Å². The third kappa shape index (κ3) is 17.9. The van der Waals surface area contributed by atoms with Crippen molar-refractivity contribution in [3.05, 3.63) is 37.0 Å². The van der Waals surface area contributed by atoms with Crippen molar-refractivity contribution in [3.63, 3.8) is 0 Å². The smallest absolute Gasteiger partial charge is 0.393 e. The van der Waals surface area contributed by atoms with Gasteiger partial charge in [0.1, 0.15) is 36.3 Å². The fourth-order valence-electron chi connectivity index (χ4n) is 5.49. The van der Waals surface area contributed by atoms with Crippen LogP contribution >= 0.6 is 35.2 Å². The van der Waals surface area contributed by atoms with Crippen LogP contribution in [0.4, 0.5) is 5.82 Å². The third-order valence-electron chi connectivity index (χ3n) is 8.67. The van der Waals surface area contributed by atoms with Crippen molar-refractivity contribution in [2.24, 2.45) is 5.41 Å². The van der Waals surface area contributed by atoms with Crippen molar-refractivity contribution in [2.45, 2.75) is 96.0 Å². The Morgan fingerprint density at radius 2 is 1.71 bits per heavy atom. The van der Waals surface area contributed by atoms with Crippen molar-refractivity contribution >= 4 is 69.1 Å². The first-order chi connectivity index (χ1) is 28.9. The van der Waals surface area contributed by atoms with E-state index in [1.165, 1.54) is 13.8 Å². The molecule has 0 saturated carbocycles. The van der Waals surface area contributed by atoms with Gasteiger partial charge in [0.15, 0.2) is 22.8 Å². The zero-order valence-corrected chi connectivity index (χ0v) is 37.4. The molecule has 1 saturated heterocycles. The summed E-state index contributed by atoms with van der Waals surface area (Å²) in [7, 11) is -16.4. The van der Waals surface area contributed by atoms with E-state index in [4.69, 9.17) is 19.5 Å². The summed E-state index contributed by atoms with van der Waals surface area (Å²) in [6.07, 6.45) is 3.10. The Kier molecular flexibility index (Phi) is 20.9. The number of allylic oxidation sites excluding steroid dienone is 4. The Bertz CT molecular complexity index is 2020. The second-order valence-corrected chi connectivity index (χ2v) is 19.7. The number of hydrogen-bond acceptors (Lipinski definition) is 19. The van der Waals surface area contributed by atoms with Gasteiger partial charge in [-0.25, -0.2) is 28.6 Å². The first-order valence-corrected chi connectivity index (χ1v) is 24.5. The van der Waals surface area contributed by atoms with Crippen molar-refractivity contribution in [2.75, 3.05) is 37.8 Å². The number of fused-ring (bicyclic) bond motifs is 1. The molecule has 11 N–H and O–H groups in total. The molecule has 1 aliphatic rings. The van der Waals surface area contributed by atoms with E-state index in [-0.39, 0.29) is 53.8 Å². The standard InChI is InChI=1S/C33H54N7O18P3S/c1-4-5-6-7-8-9-10-11-21(41)16-24(43)62-15-14-35-23(42)12-13-36-31(46)28(45)33(2,3)18-55-61(52,53)58-60(50,51)54-17-22-27(57-59(47,48)49)26(44)32(56-22)40-20-39-25-29(34)37-19-38-30(25)40/h5-6,8-9,19-22,26-28,32,41,44-45H,4,7,10-18H2,1-3H3,(H,35,42)(H,36,46)(H,50,51)(H,52,53)(H2,34,37,38)(H2,47,48,49)/b6-5+,9-8+. The average molecular weight is 962 g/mol. The third-order valence-corrected chi connectivity index (χ3v) is 12.7. The van der Waals surface area contributed by atoms with Crippen LogP contribution in [0, 0.1) is 5.41 Å². The molecule has 3 heterocycles. The Morgan fingerprint density at radius 1 is 1.02 bits per heavy atom. The van der Waals surface area contributed by atoms with E-state index in [1.807, 2.05) is 25.2 Å². The van der Waals surface area contributed by atoms with Crippen LogP contribution in [0.3, 0.4) is 0 Å². The highest BCUT2D eigenvalue weighted by molar-refractivity contribution is 8.13. The van der Waals surface area contributed by atoms with Crippen molar-refractivity contribution < 1.29 is 85.6 Å². The summed E-state index contributed by atoms with van der Waals surface area (Å²) < 4.78 is 62.2. The number of aliphatic hydroxyl groups is 3. The fraction of sp³-hybridized carbons (Fsp3) is 0.636. The predicted octanol–water partition coefficient (Wildman–Crippen LogP) is 1.11. The molecule has 2 aromatic rings. The van der Waals surface area contributed by atoms with Gasteiger partial charge in [0.05, 0.1) is 25.6 Å². The number of carbonyl (C=O) groups excluding carboxylic acids is 3. The molecule has 62 heavy (non-hydrogen) atoms. The second kappa shape index (κ2) is 24.3. The number of phosphoric acid groups is 3. The molecule has 2 aromatic heterocycles. The normalized spacial score (nSPS) is 21.5. The number of nitrogen functional groups attached to an aromatic ring is 1. The van der Waals surface area contributed by atoms with Crippen LogP contribution in [0.5, 0.6) is 0 Å². The predicted molar refractivity (Wildman–Crippen MR) is 220 cm³/mol. The maximum absolute atomic E-state index is 12.7. The maximum Gasteiger partial charge on any atom is 0.481 e. The lowest BCUT2D eigenvalue weighted by atomic mass is 9.87. The summed E-state index contributed by atoms with van der Waals surface area (Å²) in [6, 6.07) is 0. The number of anilines is 1. The molecule has 0 spiro atoms. The van der Waals surface area contributed by atoms with E-state index >= 15 is 0 Å². The van der Waals surface area contributed by atoms with E-state index in [9.17, 15) is 63.0 Å². The largest absolute Gasteiger partial charge is 0.481 e. The van der Waals surface area contributed by atoms with Crippen LogP contribution in [-0.2, 0) is 50.7 Å². The van der Waals surface area contributed by atoms with Gasteiger partial charge in [0.25, 0.3) is 0 Å². The topological polar surface area (TPSA) is 384 Å². The maximum atomic E-state index is 12.7. The molecule has 350 valence electrons. The van der Waals surface area contributed by atoms with Crippen LogP contribution in [0.25, 0.3) is 11.2 Å². The highest BCUT2D eigenvalue weighted by Gasteiger charge is 2.50. The lowest BCUT2D eigenvalue weighted by Crippen LogP contribution is -2.46. The number of rotatable bonds is 27. The van der Waals surface area contributed by atoms with Crippen molar-refractivity contribution in [3.8, 4) is 0 Å². The average Bonchev–Trinajstić information content (AvgIpc) is 3.74. The van der Waals surface area contributed by atoms with Gasteiger partial charge >= 0.3 is 23.5 Å². The Morgan fingerprint density at radius 3 is 2.40 bits per heavy atom. The quantitative estimate of drug-likeness (QED) is 0.0340. The molecule has 0 aliphatic carbocycles. The van der Waals surface area contributed by atoms with E-state index in [1.54, 1.807) is 0 Å². The van der Waals surface area contributed by atoms with Crippen LogP contribution < -0.4 is 16.4 Å². The van der Waals surface area contributed by atoms with Gasteiger partial charge < -0.3 is 56.0 Å². The summed E-state index contributed by atoms with van der Waals surface area (Å²) in [6.45, 7) is 2.40. The number of phosphoric ester groups is 3. The molecule has 0 bridgehead atoms. The van der Waals surface area contributed by atoms with E-state index in [0.29, 0.717) is 12.8 Å². The summed E-state index contributed by atoms with van der Waals surface area (Å²) in [5.74, 6) is -1.26. The number of aromatic nitrogens is 4. The highest BCUT2D eigenvalue weighted by Crippen LogP contribution is 2.61. The lowest BCUT2D eigenvalue weighted by Gasteiger charge is -2.30. The molecule has 8 unspecified atom stereocenters. The number of thioether (sulfide) groups is 1. The minimum Gasteiger partial charge on any atom is -0.393 e. The van der Waals surface area contributed by atoms with Crippen LogP contribution in [0.2, 0.25) is 0 Å². The molecule has 0 radical (unpaired) electrons. The molecule has 25 nitrogen and oxygen atoms in total. The monoisotopic (exact) mass is 961 g/mol. The van der Waals surface area contributed by atoms with Gasteiger partial charge in [-0.05, 0) is 25.7 Å². The summed E-state index contributed by atoms with van der Waals surface area (Å²) in [4.78, 5) is 88.0. The van der Waals surface area contributed by atoms with Gasteiger partial charge in [0.2, 0.25) is 11.8 Å². The van der Waals surface area contributed by atoms with E-state index < -0.39 is 90.7 Å². The Balaban J connectivity index is 1.40. The van der Waals surface area contributed by atoms with Crippen LogP contribution in [0.1, 0.15) is 65.5 Å².